The second kappa shape index (κ2) is 4.46. The summed E-state index contributed by atoms with van der Waals surface area (Å²) in [6.07, 6.45) is 0. The molecule has 14 heavy (non-hydrogen) atoms. The van der Waals surface area contributed by atoms with Crippen molar-refractivity contribution in [2.24, 2.45) is 0 Å². The molecule has 0 aliphatic carbocycles. The predicted molar refractivity (Wildman–Crippen MR) is 58.3 cm³/mol. The molecule has 0 unspecified atom stereocenters. The molecule has 3 nitrogen and oxygen atoms in total. The third-order valence-corrected chi connectivity index (χ3v) is 3.68. The average Bonchev–Trinajstić information content (AvgIpc) is 2.21. The number of nitrogens with one attached hydrogen (secondary N) is 1. The van der Waals surface area contributed by atoms with Crippen molar-refractivity contribution < 1.29 is 8.42 Å². The minimum Gasteiger partial charge on any atom is -0.383 e. The van der Waals surface area contributed by atoms with E-state index in [1.807, 2.05) is 19.9 Å². The fraction of sp³-hybridized carbons (Fsp3) is 0.400. The van der Waals surface area contributed by atoms with E-state index in [4.69, 9.17) is 0 Å². The summed E-state index contributed by atoms with van der Waals surface area (Å²) in [5.41, 5.74) is 0.726. The third kappa shape index (κ3) is 2.07. The SMILES string of the molecule is CC.O=S1(=O)CCNc2ccccc21. The van der Waals surface area contributed by atoms with Crippen molar-refractivity contribution in [3.05, 3.63) is 24.3 Å². The van der Waals surface area contributed by atoms with Crippen LogP contribution in [-0.2, 0) is 9.84 Å². The molecule has 0 aromatic heterocycles. The van der Waals surface area contributed by atoms with Gasteiger partial charge < -0.3 is 5.32 Å². The number of sulfone groups is 1. The Morgan fingerprint density at radius 2 is 1.86 bits per heavy atom. The number of hydrogen-bond donors (Lipinski definition) is 1. The van der Waals surface area contributed by atoms with E-state index >= 15 is 0 Å². The Labute approximate surface area is 85.1 Å². The van der Waals surface area contributed by atoms with Crippen molar-refractivity contribution in [1.82, 2.24) is 0 Å². The molecule has 0 spiro atoms. The molecule has 0 atom stereocenters. The van der Waals surface area contributed by atoms with E-state index in [0.29, 0.717) is 11.4 Å². The zero-order valence-corrected chi connectivity index (χ0v) is 9.26. The molecule has 0 radical (unpaired) electrons. The monoisotopic (exact) mass is 213 g/mol. The lowest BCUT2D eigenvalue weighted by Crippen LogP contribution is -2.22. The second-order valence-corrected chi connectivity index (χ2v) is 4.82. The lowest BCUT2D eigenvalue weighted by molar-refractivity contribution is 0.595. The molecule has 1 aromatic carbocycles. The van der Waals surface area contributed by atoms with Gasteiger partial charge in [-0.15, -0.1) is 0 Å². The van der Waals surface area contributed by atoms with Crippen molar-refractivity contribution in [1.29, 1.82) is 0 Å². The second-order valence-electron chi connectivity index (χ2n) is 2.74. The van der Waals surface area contributed by atoms with E-state index in [2.05, 4.69) is 5.32 Å². The highest BCUT2D eigenvalue weighted by Gasteiger charge is 2.21. The maximum Gasteiger partial charge on any atom is 0.182 e. The van der Waals surface area contributed by atoms with Crippen LogP contribution in [0.3, 0.4) is 0 Å². The molecule has 4 heteroatoms. The third-order valence-electron chi connectivity index (χ3n) is 1.91. The summed E-state index contributed by atoms with van der Waals surface area (Å²) in [5, 5.41) is 3.04. The van der Waals surface area contributed by atoms with Crippen molar-refractivity contribution in [3.63, 3.8) is 0 Å². The summed E-state index contributed by atoms with van der Waals surface area (Å²) >= 11 is 0. The molecule has 0 saturated heterocycles. The Bertz CT molecular complexity index is 398. The minimum atomic E-state index is -3.00. The van der Waals surface area contributed by atoms with E-state index in [-0.39, 0.29) is 5.75 Å². The molecule has 1 aliphatic rings. The molecule has 1 aromatic rings. The van der Waals surface area contributed by atoms with Gasteiger partial charge in [0.15, 0.2) is 9.84 Å². The quantitative estimate of drug-likeness (QED) is 0.716. The molecule has 0 bridgehead atoms. The summed E-state index contributed by atoms with van der Waals surface area (Å²) in [6.45, 7) is 4.51. The number of rotatable bonds is 0. The maximum atomic E-state index is 11.4. The van der Waals surface area contributed by atoms with E-state index in [0.717, 1.165) is 5.69 Å². The Kier molecular flexibility index (Phi) is 3.52. The van der Waals surface area contributed by atoms with Gasteiger partial charge in [0.05, 0.1) is 16.3 Å². The Balaban J connectivity index is 0.000000461. The average molecular weight is 213 g/mol. The lowest BCUT2D eigenvalue weighted by atomic mass is 10.3. The molecule has 78 valence electrons. The van der Waals surface area contributed by atoms with E-state index in [1.54, 1.807) is 18.2 Å². The first kappa shape index (κ1) is 11.0. The van der Waals surface area contributed by atoms with Crippen molar-refractivity contribution in [2.75, 3.05) is 17.6 Å². The Morgan fingerprint density at radius 3 is 2.50 bits per heavy atom. The molecular weight excluding hydrogens is 198 g/mol. The van der Waals surface area contributed by atoms with Gasteiger partial charge in [-0.2, -0.15) is 0 Å². The maximum absolute atomic E-state index is 11.4. The number of benzene rings is 1. The van der Waals surface area contributed by atoms with Crippen LogP contribution in [0.4, 0.5) is 5.69 Å². The predicted octanol–water partition coefficient (Wildman–Crippen LogP) is 1.91. The molecule has 0 amide bonds. The molecule has 2 rings (SSSR count). The first-order chi connectivity index (χ1) is 6.70. The van der Waals surface area contributed by atoms with Gasteiger partial charge in [-0.25, -0.2) is 8.42 Å². The fourth-order valence-corrected chi connectivity index (χ4v) is 2.67. The lowest BCUT2D eigenvalue weighted by Gasteiger charge is -2.17. The Morgan fingerprint density at radius 1 is 1.21 bits per heavy atom. The van der Waals surface area contributed by atoms with Gasteiger partial charge in [0.1, 0.15) is 0 Å². The van der Waals surface area contributed by atoms with Crippen molar-refractivity contribution in [3.8, 4) is 0 Å². The van der Waals surface area contributed by atoms with Gasteiger partial charge in [0.25, 0.3) is 0 Å². The van der Waals surface area contributed by atoms with Gasteiger partial charge in [-0.1, -0.05) is 26.0 Å². The van der Waals surface area contributed by atoms with Crippen molar-refractivity contribution >= 4 is 15.5 Å². The molecule has 1 N–H and O–H groups in total. The zero-order chi connectivity index (χ0) is 10.6. The van der Waals surface area contributed by atoms with Crippen LogP contribution >= 0.6 is 0 Å². The van der Waals surface area contributed by atoms with Crippen LogP contribution in [0.2, 0.25) is 0 Å². The summed E-state index contributed by atoms with van der Waals surface area (Å²) in [5.74, 6) is 0.198. The van der Waals surface area contributed by atoms with E-state index in [1.165, 1.54) is 0 Å². The highest BCUT2D eigenvalue weighted by atomic mass is 32.2. The van der Waals surface area contributed by atoms with Crippen molar-refractivity contribution in [2.45, 2.75) is 18.7 Å². The zero-order valence-electron chi connectivity index (χ0n) is 8.45. The molecule has 1 aliphatic heterocycles. The molecule has 1 heterocycles. The first-order valence-electron chi connectivity index (χ1n) is 4.76. The molecule has 0 saturated carbocycles. The van der Waals surface area contributed by atoms with E-state index < -0.39 is 9.84 Å². The number of fused-ring (bicyclic) bond motifs is 1. The van der Waals surface area contributed by atoms with Crippen LogP contribution in [-0.4, -0.2) is 20.7 Å². The standard InChI is InChI=1S/C8H9NO2S.C2H6/c10-12(11)6-5-9-7-3-1-2-4-8(7)12;1-2/h1-4,9H,5-6H2;1-2H3. The highest BCUT2D eigenvalue weighted by Crippen LogP contribution is 2.24. The Hall–Kier alpha value is -1.03. The fourth-order valence-electron chi connectivity index (χ4n) is 1.31. The molecular formula is C10H15NO2S. The largest absolute Gasteiger partial charge is 0.383 e. The van der Waals surface area contributed by atoms with Crippen LogP contribution in [0.15, 0.2) is 29.2 Å². The summed E-state index contributed by atoms with van der Waals surface area (Å²) in [6, 6.07) is 6.99. The number of hydrogen-bond acceptors (Lipinski definition) is 3. The normalized spacial score (nSPS) is 17.0. The summed E-state index contributed by atoms with van der Waals surface area (Å²) in [7, 11) is -3.00. The topological polar surface area (TPSA) is 46.2 Å². The smallest absolute Gasteiger partial charge is 0.182 e. The van der Waals surface area contributed by atoms with Crippen LogP contribution in [0, 0.1) is 0 Å². The molecule has 0 fully saturated rings. The van der Waals surface area contributed by atoms with Crippen LogP contribution in [0.1, 0.15) is 13.8 Å². The number of para-hydroxylation sites is 1. The van der Waals surface area contributed by atoms with Gasteiger partial charge in [-0.3, -0.25) is 0 Å². The minimum absolute atomic E-state index is 0.198. The highest BCUT2D eigenvalue weighted by molar-refractivity contribution is 7.91. The van der Waals surface area contributed by atoms with Gasteiger partial charge in [0, 0.05) is 6.54 Å². The van der Waals surface area contributed by atoms with Crippen LogP contribution in [0.25, 0.3) is 0 Å². The number of anilines is 1. The van der Waals surface area contributed by atoms with Gasteiger partial charge in [-0.05, 0) is 12.1 Å². The summed E-state index contributed by atoms with van der Waals surface area (Å²) in [4.78, 5) is 0.427. The van der Waals surface area contributed by atoms with Gasteiger partial charge >= 0.3 is 0 Å². The van der Waals surface area contributed by atoms with E-state index in [9.17, 15) is 8.42 Å². The van der Waals surface area contributed by atoms with Gasteiger partial charge in [0.2, 0.25) is 0 Å². The first-order valence-corrected chi connectivity index (χ1v) is 6.41. The van der Waals surface area contributed by atoms with Crippen LogP contribution < -0.4 is 5.32 Å². The summed E-state index contributed by atoms with van der Waals surface area (Å²) < 4.78 is 22.9. The van der Waals surface area contributed by atoms with Crippen LogP contribution in [0.5, 0.6) is 0 Å².